The molecule has 0 saturated heterocycles. The third-order valence-electron chi connectivity index (χ3n) is 2.61. The van der Waals surface area contributed by atoms with Crippen molar-refractivity contribution < 1.29 is 9.90 Å². The van der Waals surface area contributed by atoms with E-state index in [0.717, 1.165) is 29.2 Å². The molecule has 82 valence electrons. The van der Waals surface area contributed by atoms with E-state index in [1.54, 1.807) is 24.5 Å². The van der Waals surface area contributed by atoms with Crippen molar-refractivity contribution >= 4 is 16.7 Å². The molecule has 1 aromatic heterocycles. The van der Waals surface area contributed by atoms with Gasteiger partial charge in [0.05, 0.1) is 5.56 Å². The molecule has 0 bridgehead atoms. The number of pyridine rings is 1. The molecule has 3 nitrogen and oxygen atoms in total. The highest BCUT2D eigenvalue weighted by Crippen LogP contribution is 2.23. The molecule has 0 atom stereocenters. The maximum absolute atomic E-state index is 11.2. The monoisotopic (exact) mass is 215 g/mol. The van der Waals surface area contributed by atoms with Gasteiger partial charge >= 0.3 is 5.97 Å². The minimum absolute atomic E-state index is 0.364. The Balaban J connectivity index is 2.76. The van der Waals surface area contributed by atoms with Crippen LogP contribution in [0.25, 0.3) is 10.8 Å². The van der Waals surface area contributed by atoms with Crippen LogP contribution in [0.3, 0.4) is 0 Å². The van der Waals surface area contributed by atoms with Gasteiger partial charge < -0.3 is 5.11 Å². The SMILES string of the molecule is CCCc1cncc2cccc(C(=O)O)c12. The van der Waals surface area contributed by atoms with Gasteiger partial charge in [0.15, 0.2) is 0 Å². The van der Waals surface area contributed by atoms with E-state index in [1.807, 2.05) is 6.07 Å². The smallest absolute Gasteiger partial charge is 0.336 e. The quantitative estimate of drug-likeness (QED) is 0.856. The summed E-state index contributed by atoms with van der Waals surface area (Å²) >= 11 is 0. The summed E-state index contributed by atoms with van der Waals surface area (Å²) in [4.78, 5) is 15.3. The number of carboxylic acids is 1. The first-order valence-corrected chi connectivity index (χ1v) is 5.33. The van der Waals surface area contributed by atoms with E-state index in [-0.39, 0.29) is 0 Å². The van der Waals surface area contributed by atoms with Crippen LogP contribution in [-0.2, 0) is 6.42 Å². The normalized spacial score (nSPS) is 10.6. The molecule has 0 spiro atoms. The van der Waals surface area contributed by atoms with E-state index < -0.39 is 5.97 Å². The predicted octanol–water partition coefficient (Wildman–Crippen LogP) is 2.89. The van der Waals surface area contributed by atoms with Crippen molar-refractivity contribution in [2.75, 3.05) is 0 Å². The van der Waals surface area contributed by atoms with Crippen molar-refractivity contribution in [3.63, 3.8) is 0 Å². The van der Waals surface area contributed by atoms with Gasteiger partial charge in [-0.1, -0.05) is 25.5 Å². The van der Waals surface area contributed by atoms with Crippen LogP contribution in [0.1, 0.15) is 29.3 Å². The Labute approximate surface area is 93.7 Å². The molecule has 0 aliphatic carbocycles. The fourth-order valence-corrected chi connectivity index (χ4v) is 1.95. The molecule has 3 heteroatoms. The van der Waals surface area contributed by atoms with Crippen molar-refractivity contribution in [1.29, 1.82) is 0 Å². The number of fused-ring (bicyclic) bond motifs is 1. The zero-order chi connectivity index (χ0) is 11.5. The topological polar surface area (TPSA) is 50.2 Å². The van der Waals surface area contributed by atoms with Gasteiger partial charge in [-0.15, -0.1) is 0 Å². The molecule has 0 amide bonds. The highest BCUT2D eigenvalue weighted by Gasteiger charge is 2.11. The molecule has 1 aromatic carbocycles. The van der Waals surface area contributed by atoms with E-state index in [2.05, 4.69) is 11.9 Å². The summed E-state index contributed by atoms with van der Waals surface area (Å²) < 4.78 is 0. The predicted molar refractivity (Wildman–Crippen MR) is 62.7 cm³/mol. The van der Waals surface area contributed by atoms with Gasteiger partial charge in [0.25, 0.3) is 0 Å². The molecule has 2 aromatic rings. The number of carbonyl (C=O) groups is 1. The molecular formula is C13H13NO2. The second-order valence-electron chi connectivity index (χ2n) is 3.76. The molecule has 0 aliphatic heterocycles. The lowest BCUT2D eigenvalue weighted by Gasteiger charge is -2.07. The van der Waals surface area contributed by atoms with Gasteiger partial charge in [0, 0.05) is 23.2 Å². The second kappa shape index (κ2) is 4.31. The number of aryl methyl sites for hydroxylation is 1. The summed E-state index contributed by atoms with van der Waals surface area (Å²) in [7, 11) is 0. The third-order valence-corrected chi connectivity index (χ3v) is 2.61. The standard InChI is InChI=1S/C13H13NO2/c1-2-4-9-7-14-8-10-5-3-6-11(12(9)10)13(15)16/h3,5-8H,2,4H2,1H3,(H,15,16). The van der Waals surface area contributed by atoms with E-state index in [9.17, 15) is 4.79 Å². The lowest BCUT2D eigenvalue weighted by Crippen LogP contribution is -2.00. The minimum Gasteiger partial charge on any atom is -0.478 e. The summed E-state index contributed by atoms with van der Waals surface area (Å²) in [5.41, 5.74) is 1.38. The van der Waals surface area contributed by atoms with Gasteiger partial charge in [-0.05, 0) is 18.1 Å². The molecule has 1 N–H and O–H groups in total. The minimum atomic E-state index is -0.880. The van der Waals surface area contributed by atoms with Gasteiger partial charge in [-0.25, -0.2) is 4.79 Å². The first-order valence-electron chi connectivity index (χ1n) is 5.33. The van der Waals surface area contributed by atoms with Crippen LogP contribution in [0.15, 0.2) is 30.6 Å². The third kappa shape index (κ3) is 1.76. The number of benzene rings is 1. The molecular weight excluding hydrogens is 202 g/mol. The maximum atomic E-state index is 11.2. The zero-order valence-electron chi connectivity index (χ0n) is 9.10. The van der Waals surface area contributed by atoms with Gasteiger partial charge in [0.2, 0.25) is 0 Å². The van der Waals surface area contributed by atoms with Crippen molar-refractivity contribution in [2.24, 2.45) is 0 Å². The summed E-state index contributed by atoms with van der Waals surface area (Å²) in [6.07, 6.45) is 5.31. The van der Waals surface area contributed by atoms with Crippen molar-refractivity contribution in [2.45, 2.75) is 19.8 Å². The van der Waals surface area contributed by atoms with Crippen LogP contribution in [0, 0.1) is 0 Å². The van der Waals surface area contributed by atoms with Crippen LogP contribution in [0.2, 0.25) is 0 Å². The fourth-order valence-electron chi connectivity index (χ4n) is 1.95. The average molecular weight is 215 g/mol. The highest BCUT2D eigenvalue weighted by atomic mass is 16.4. The molecule has 0 unspecified atom stereocenters. The van der Waals surface area contributed by atoms with Crippen molar-refractivity contribution in [3.05, 3.63) is 41.7 Å². The van der Waals surface area contributed by atoms with Crippen LogP contribution < -0.4 is 0 Å². The molecule has 1 heterocycles. The Morgan fingerprint density at radius 2 is 2.19 bits per heavy atom. The zero-order valence-corrected chi connectivity index (χ0v) is 9.10. The number of hydrogen-bond acceptors (Lipinski definition) is 2. The number of carboxylic acid groups (broad SMARTS) is 1. The van der Waals surface area contributed by atoms with E-state index in [4.69, 9.17) is 5.11 Å². The number of aromatic carboxylic acids is 1. The lowest BCUT2D eigenvalue weighted by molar-refractivity contribution is 0.0699. The Bertz CT molecular complexity index is 529. The van der Waals surface area contributed by atoms with Crippen molar-refractivity contribution in [3.8, 4) is 0 Å². The van der Waals surface area contributed by atoms with E-state index in [1.165, 1.54) is 0 Å². The Hall–Kier alpha value is -1.90. The number of aromatic nitrogens is 1. The summed E-state index contributed by atoms with van der Waals surface area (Å²) in [6.45, 7) is 2.07. The summed E-state index contributed by atoms with van der Waals surface area (Å²) in [5.74, 6) is -0.880. The van der Waals surface area contributed by atoms with Crippen molar-refractivity contribution in [1.82, 2.24) is 4.98 Å². The number of nitrogens with zero attached hydrogens (tertiary/aromatic N) is 1. The summed E-state index contributed by atoms with van der Waals surface area (Å²) in [5, 5.41) is 10.9. The first-order chi connectivity index (χ1) is 7.74. The lowest BCUT2D eigenvalue weighted by atomic mass is 9.99. The molecule has 2 rings (SSSR count). The maximum Gasteiger partial charge on any atom is 0.336 e. The second-order valence-corrected chi connectivity index (χ2v) is 3.76. The number of hydrogen-bond donors (Lipinski definition) is 1. The number of rotatable bonds is 3. The highest BCUT2D eigenvalue weighted by molar-refractivity contribution is 6.04. The Morgan fingerprint density at radius 3 is 2.88 bits per heavy atom. The van der Waals surface area contributed by atoms with E-state index >= 15 is 0 Å². The van der Waals surface area contributed by atoms with Crippen LogP contribution in [0.4, 0.5) is 0 Å². The van der Waals surface area contributed by atoms with Gasteiger partial charge in [0.1, 0.15) is 0 Å². The summed E-state index contributed by atoms with van der Waals surface area (Å²) in [6, 6.07) is 5.29. The fraction of sp³-hybridized carbons (Fsp3) is 0.231. The molecule has 0 fully saturated rings. The van der Waals surface area contributed by atoms with Gasteiger partial charge in [-0.2, -0.15) is 0 Å². The van der Waals surface area contributed by atoms with Crippen LogP contribution in [-0.4, -0.2) is 16.1 Å². The molecule has 0 aliphatic rings. The molecule has 0 saturated carbocycles. The molecule has 0 radical (unpaired) electrons. The Morgan fingerprint density at radius 1 is 1.38 bits per heavy atom. The Kier molecular flexibility index (Phi) is 2.86. The van der Waals surface area contributed by atoms with Gasteiger partial charge in [-0.3, -0.25) is 4.98 Å². The van der Waals surface area contributed by atoms with Crippen LogP contribution in [0.5, 0.6) is 0 Å². The first kappa shape index (κ1) is 10.6. The average Bonchev–Trinajstić information content (AvgIpc) is 2.29. The molecule has 16 heavy (non-hydrogen) atoms. The largest absolute Gasteiger partial charge is 0.478 e. The van der Waals surface area contributed by atoms with Crippen LogP contribution >= 0.6 is 0 Å². The van der Waals surface area contributed by atoms with E-state index in [0.29, 0.717) is 5.56 Å².